The molecule has 0 saturated carbocycles. The van der Waals surface area contributed by atoms with E-state index in [0.29, 0.717) is 5.56 Å². The van der Waals surface area contributed by atoms with Crippen LogP contribution in [0.5, 0.6) is 0 Å². The van der Waals surface area contributed by atoms with Crippen LogP contribution in [0.25, 0.3) is 0 Å². The van der Waals surface area contributed by atoms with E-state index in [1.165, 1.54) is 16.0 Å². The first-order chi connectivity index (χ1) is 14.8. The van der Waals surface area contributed by atoms with Crippen molar-refractivity contribution in [1.82, 2.24) is 4.90 Å². The summed E-state index contributed by atoms with van der Waals surface area (Å²) in [5, 5.41) is 0. The minimum Gasteiger partial charge on any atom is -0.465 e. The van der Waals surface area contributed by atoms with Gasteiger partial charge in [-0.1, -0.05) is 81.4 Å². The van der Waals surface area contributed by atoms with Crippen LogP contribution in [0.3, 0.4) is 0 Å². The number of quaternary nitrogens is 1. The molecule has 0 atom stereocenters. The molecule has 31 heavy (non-hydrogen) atoms. The first-order valence-electron chi connectivity index (χ1n) is 11.2. The Morgan fingerprint density at radius 3 is 1.90 bits per heavy atom. The van der Waals surface area contributed by atoms with E-state index < -0.39 is 0 Å². The number of nitrogens with zero attached hydrogens (tertiary/aromatic N) is 1. The van der Waals surface area contributed by atoms with E-state index in [-0.39, 0.29) is 17.4 Å². The summed E-state index contributed by atoms with van der Waals surface area (Å²) in [6, 6.07) is 23.6. The number of aryl methyl sites for hydroxylation is 1. The fourth-order valence-electron chi connectivity index (χ4n) is 4.47. The van der Waals surface area contributed by atoms with Gasteiger partial charge in [0.2, 0.25) is 0 Å². The standard InChI is InChI=1S/C27H32N2O2/c1-20-23(19-24(31-20)27(2,3)4)26(30)29-17-15-28(16-18-29)25(21-11-7-5-8-12-21)22-13-9-6-10-14-22/h5-14,19,25H,15-18H2,1-4H3/p+1. The van der Waals surface area contributed by atoms with Gasteiger partial charge in [0.05, 0.1) is 31.7 Å². The molecule has 4 rings (SSSR count). The summed E-state index contributed by atoms with van der Waals surface area (Å²) in [6.07, 6.45) is 0. The lowest BCUT2D eigenvalue weighted by Gasteiger charge is -2.37. The SMILES string of the molecule is Cc1oc(C(C)(C)C)cc1C(=O)N1CC[NH+](C(c2ccccc2)c2ccccc2)CC1. The molecule has 4 nitrogen and oxygen atoms in total. The van der Waals surface area contributed by atoms with Crippen molar-refractivity contribution < 1.29 is 14.1 Å². The highest BCUT2D eigenvalue weighted by atomic mass is 16.3. The second-order valence-corrected chi connectivity index (χ2v) is 9.54. The van der Waals surface area contributed by atoms with E-state index in [2.05, 4.69) is 81.4 Å². The molecule has 1 aromatic heterocycles. The normalized spacial score (nSPS) is 15.5. The molecule has 0 aliphatic carbocycles. The van der Waals surface area contributed by atoms with E-state index in [4.69, 9.17) is 4.42 Å². The molecule has 0 spiro atoms. The van der Waals surface area contributed by atoms with Crippen LogP contribution in [-0.4, -0.2) is 37.0 Å². The summed E-state index contributed by atoms with van der Waals surface area (Å²) in [5.41, 5.74) is 3.24. The Morgan fingerprint density at radius 2 is 1.45 bits per heavy atom. The zero-order valence-electron chi connectivity index (χ0n) is 19.0. The third kappa shape index (κ3) is 4.59. The Balaban J connectivity index is 1.51. The maximum Gasteiger partial charge on any atom is 0.257 e. The number of furan rings is 1. The number of benzene rings is 2. The molecule has 1 fully saturated rings. The van der Waals surface area contributed by atoms with Gasteiger partial charge in [0, 0.05) is 16.5 Å². The lowest BCUT2D eigenvalue weighted by molar-refractivity contribution is -0.929. The predicted molar refractivity (Wildman–Crippen MR) is 123 cm³/mol. The highest BCUT2D eigenvalue weighted by molar-refractivity contribution is 5.95. The Morgan fingerprint density at radius 1 is 0.935 bits per heavy atom. The van der Waals surface area contributed by atoms with E-state index >= 15 is 0 Å². The average Bonchev–Trinajstić information content (AvgIpc) is 3.18. The third-order valence-corrected chi connectivity index (χ3v) is 6.25. The van der Waals surface area contributed by atoms with Crippen molar-refractivity contribution in [3.63, 3.8) is 0 Å². The average molecular weight is 418 g/mol. The highest BCUT2D eigenvalue weighted by Crippen LogP contribution is 2.28. The first-order valence-corrected chi connectivity index (χ1v) is 11.2. The number of hydrogen-bond acceptors (Lipinski definition) is 2. The van der Waals surface area contributed by atoms with Crippen molar-refractivity contribution in [3.8, 4) is 0 Å². The second-order valence-electron chi connectivity index (χ2n) is 9.54. The molecule has 3 aromatic rings. The van der Waals surface area contributed by atoms with Crippen molar-refractivity contribution in [2.75, 3.05) is 26.2 Å². The quantitative estimate of drug-likeness (QED) is 0.696. The number of carbonyl (C=O) groups is 1. The van der Waals surface area contributed by atoms with Crippen molar-refractivity contribution >= 4 is 5.91 Å². The minimum atomic E-state index is -0.106. The van der Waals surface area contributed by atoms with E-state index in [1.54, 1.807) is 0 Å². The monoisotopic (exact) mass is 417 g/mol. The highest BCUT2D eigenvalue weighted by Gasteiger charge is 2.33. The number of carbonyl (C=O) groups excluding carboxylic acids is 1. The maximum atomic E-state index is 13.2. The van der Waals surface area contributed by atoms with E-state index in [9.17, 15) is 4.79 Å². The summed E-state index contributed by atoms with van der Waals surface area (Å²) in [5.74, 6) is 1.67. The van der Waals surface area contributed by atoms with Gasteiger partial charge in [-0.2, -0.15) is 0 Å². The Bertz CT molecular complexity index is 971. The molecule has 1 N–H and O–H groups in total. The van der Waals surface area contributed by atoms with Gasteiger partial charge in [0.15, 0.2) is 0 Å². The topological polar surface area (TPSA) is 37.9 Å². The molecule has 162 valence electrons. The first kappa shape index (κ1) is 21.4. The molecule has 1 aliphatic heterocycles. The molecular weight excluding hydrogens is 384 g/mol. The maximum absolute atomic E-state index is 13.2. The van der Waals surface area contributed by atoms with Gasteiger partial charge in [0.25, 0.3) is 5.91 Å². The van der Waals surface area contributed by atoms with Crippen LogP contribution in [0, 0.1) is 6.92 Å². The van der Waals surface area contributed by atoms with Crippen LogP contribution in [0.2, 0.25) is 0 Å². The fourth-order valence-corrected chi connectivity index (χ4v) is 4.47. The number of rotatable bonds is 4. The van der Waals surface area contributed by atoms with Gasteiger partial charge in [-0.25, -0.2) is 0 Å². The van der Waals surface area contributed by atoms with Gasteiger partial charge >= 0.3 is 0 Å². The molecular formula is C27H33N2O2+. The van der Waals surface area contributed by atoms with Crippen LogP contribution >= 0.6 is 0 Å². The summed E-state index contributed by atoms with van der Waals surface area (Å²) < 4.78 is 5.91. The lowest BCUT2D eigenvalue weighted by atomic mass is 9.93. The van der Waals surface area contributed by atoms with Crippen LogP contribution in [0.4, 0.5) is 0 Å². The summed E-state index contributed by atoms with van der Waals surface area (Å²) >= 11 is 0. The Labute approximate surface area is 185 Å². The minimum absolute atomic E-state index is 0.0896. The molecule has 1 aliphatic rings. The molecule has 4 heteroatoms. The lowest BCUT2D eigenvalue weighted by Crippen LogP contribution is -3.15. The zero-order valence-corrected chi connectivity index (χ0v) is 19.0. The number of nitrogens with one attached hydrogen (secondary N) is 1. The van der Waals surface area contributed by atoms with Crippen molar-refractivity contribution in [2.45, 2.75) is 39.2 Å². The van der Waals surface area contributed by atoms with Gasteiger partial charge in [-0.15, -0.1) is 0 Å². The zero-order chi connectivity index (χ0) is 22.0. The largest absolute Gasteiger partial charge is 0.465 e. The molecule has 1 saturated heterocycles. The summed E-state index contributed by atoms with van der Waals surface area (Å²) in [6.45, 7) is 11.6. The Hall–Kier alpha value is -2.85. The molecule has 1 amide bonds. The van der Waals surface area contributed by atoms with Gasteiger partial charge in [0.1, 0.15) is 17.6 Å². The summed E-state index contributed by atoms with van der Waals surface area (Å²) in [4.78, 5) is 16.7. The van der Waals surface area contributed by atoms with Crippen LogP contribution in [0.1, 0.15) is 59.8 Å². The van der Waals surface area contributed by atoms with Crippen molar-refractivity contribution in [2.24, 2.45) is 0 Å². The van der Waals surface area contributed by atoms with Crippen molar-refractivity contribution in [1.29, 1.82) is 0 Å². The molecule has 0 radical (unpaired) electrons. The fraction of sp³-hybridized carbons (Fsp3) is 0.370. The van der Waals surface area contributed by atoms with Crippen LogP contribution in [-0.2, 0) is 5.41 Å². The number of amides is 1. The van der Waals surface area contributed by atoms with Gasteiger partial charge < -0.3 is 14.2 Å². The van der Waals surface area contributed by atoms with Gasteiger partial charge in [-0.3, -0.25) is 4.79 Å². The predicted octanol–water partition coefficient (Wildman–Crippen LogP) is 4.02. The Kier molecular flexibility index (Phi) is 6.01. The van der Waals surface area contributed by atoms with Gasteiger partial charge in [-0.05, 0) is 13.0 Å². The van der Waals surface area contributed by atoms with Crippen LogP contribution in [0.15, 0.2) is 71.1 Å². The molecule has 2 heterocycles. The molecule has 2 aromatic carbocycles. The van der Waals surface area contributed by atoms with Crippen molar-refractivity contribution in [3.05, 3.63) is 94.9 Å². The molecule has 0 bridgehead atoms. The van der Waals surface area contributed by atoms with E-state index in [1.807, 2.05) is 17.9 Å². The van der Waals surface area contributed by atoms with E-state index in [0.717, 1.165) is 37.7 Å². The third-order valence-electron chi connectivity index (χ3n) is 6.25. The molecule has 0 unspecified atom stereocenters. The van der Waals surface area contributed by atoms with Crippen LogP contribution < -0.4 is 4.90 Å². The smallest absolute Gasteiger partial charge is 0.257 e. The number of piperazine rings is 1. The summed E-state index contributed by atoms with van der Waals surface area (Å²) in [7, 11) is 0. The number of hydrogen-bond donors (Lipinski definition) is 1. The second kappa shape index (κ2) is 8.72.